The highest BCUT2D eigenvalue weighted by atomic mass is 16.5. The van der Waals surface area contributed by atoms with Gasteiger partial charge < -0.3 is 9.47 Å². The smallest absolute Gasteiger partial charge is 0.119 e. The van der Waals surface area contributed by atoms with Crippen molar-refractivity contribution >= 4 is 0 Å². The van der Waals surface area contributed by atoms with E-state index in [0.29, 0.717) is 5.92 Å². The van der Waals surface area contributed by atoms with Crippen LogP contribution in [-0.2, 0) is 10.2 Å². The third kappa shape index (κ3) is 4.14. The summed E-state index contributed by atoms with van der Waals surface area (Å²) in [5.41, 5.74) is 2.22. The van der Waals surface area contributed by atoms with Crippen LogP contribution >= 0.6 is 0 Å². The van der Waals surface area contributed by atoms with Crippen LogP contribution in [0.4, 0.5) is 0 Å². The summed E-state index contributed by atoms with van der Waals surface area (Å²) in [6.45, 7) is 9.02. The van der Waals surface area contributed by atoms with Crippen molar-refractivity contribution in [3.63, 3.8) is 0 Å². The molecule has 0 spiro atoms. The molecule has 0 saturated carbocycles. The van der Waals surface area contributed by atoms with E-state index in [9.17, 15) is 0 Å². The zero-order chi connectivity index (χ0) is 16.3. The maximum Gasteiger partial charge on any atom is 0.119 e. The monoisotopic (exact) mass is 314 g/mol. The normalized spacial score (nSPS) is 16.5. The molecular weight excluding hydrogens is 288 g/mol. The molecule has 0 bridgehead atoms. The van der Waals surface area contributed by atoms with Crippen LogP contribution in [0, 0.1) is 5.92 Å². The predicted molar refractivity (Wildman–Crippen MR) is 91.3 cm³/mol. The first-order valence-electron chi connectivity index (χ1n) is 8.39. The SMILES string of the molecule is CC(C)(C)c1ccn(-c2ccc(OCC3CCOCC3)cc2)n1. The van der Waals surface area contributed by atoms with Crippen LogP contribution in [0.2, 0.25) is 0 Å². The van der Waals surface area contributed by atoms with Gasteiger partial charge in [-0.15, -0.1) is 0 Å². The minimum Gasteiger partial charge on any atom is -0.493 e. The van der Waals surface area contributed by atoms with E-state index in [2.05, 4.69) is 44.1 Å². The van der Waals surface area contributed by atoms with Gasteiger partial charge in [-0.05, 0) is 49.1 Å². The van der Waals surface area contributed by atoms with Gasteiger partial charge in [0.15, 0.2) is 0 Å². The molecule has 0 atom stereocenters. The largest absolute Gasteiger partial charge is 0.493 e. The summed E-state index contributed by atoms with van der Waals surface area (Å²) in [6.07, 6.45) is 4.21. The highest BCUT2D eigenvalue weighted by Crippen LogP contribution is 2.22. The second-order valence-electron chi connectivity index (χ2n) is 7.26. The van der Waals surface area contributed by atoms with E-state index in [1.54, 1.807) is 0 Å². The Kier molecular flexibility index (Phi) is 4.71. The molecule has 0 aliphatic carbocycles. The Bertz CT molecular complexity index is 620. The van der Waals surface area contributed by atoms with Crippen LogP contribution in [0.1, 0.15) is 39.3 Å². The molecule has 124 valence electrons. The number of rotatable bonds is 4. The van der Waals surface area contributed by atoms with Crippen LogP contribution in [-0.4, -0.2) is 29.6 Å². The number of nitrogens with zero attached hydrogens (tertiary/aromatic N) is 2. The summed E-state index contributed by atoms with van der Waals surface area (Å²) >= 11 is 0. The molecule has 4 heteroatoms. The van der Waals surface area contributed by atoms with E-state index in [4.69, 9.17) is 9.47 Å². The molecule has 23 heavy (non-hydrogen) atoms. The molecule has 0 unspecified atom stereocenters. The summed E-state index contributed by atoms with van der Waals surface area (Å²) in [7, 11) is 0. The first-order chi connectivity index (χ1) is 11.0. The third-order valence-electron chi connectivity index (χ3n) is 4.29. The van der Waals surface area contributed by atoms with Crippen molar-refractivity contribution in [3.05, 3.63) is 42.2 Å². The summed E-state index contributed by atoms with van der Waals surface area (Å²) in [6, 6.07) is 10.2. The molecule has 0 N–H and O–H groups in total. The Morgan fingerprint density at radius 3 is 2.43 bits per heavy atom. The topological polar surface area (TPSA) is 36.3 Å². The Morgan fingerprint density at radius 2 is 1.83 bits per heavy atom. The van der Waals surface area contributed by atoms with E-state index in [1.807, 2.05) is 23.0 Å². The van der Waals surface area contributed by atoms with Crippen molar-refractivity contribution in [2.75, 3.05) is 19.8 Å². The summed E-state index contributed by atoms with van der Waals surface area (Å²) in [5.74, 6) is 1.53. The lowest BCUT2D eigenvalue weighted by Crippen LogP contribution is -2.21. The van der Waals surface area contributed by atoms with Gasteiger partial charge in [-0.1, -0.05) is 20.8 Å². The van der Waals surface area contributed by atoms with Gasteiger partial charge in [-0.25, -0.2) is 4.68 Å². The van der Waals surface area contributed by atoms with Crippen molar-refractivity contribution in [3.8, 4) is 11.4 Å². The second-order valence-corrected chi connectivity index (χ2v) is 7.26. The van der Waals surface area contributed by atoms with E-state index in [1.165, 1.54) is 0 Å². The molecule has 1 aromatic carbocycles. The standard InChI is InChI=1S/C19H26N2O2/c1-19(2,3)18-8-11-21(20-18)16-4-6-17(7-5-16)23-14-15-9-12-22-13-10-15/h4-8,11,15H,9-10,12-14H2,1-3H3. The third-order valence-corrected chi connectivity index (χ3v) is 4.29. The minimum absolute atomic E-state index is 0.0675. The highest BCUT2D eigenvalue weighted by molar-refractivity contribution is 5.37. The Hall–Kier alpha value is -1.81. The van der Waals surface area contributed by atoms with Crippen molar-refractivity contribution in [1.82, 2.24) is 9.78 Å². The lowest BCUT2D eigenvalue weighted by Gasteiger charge is -2.22. The molecule has 2 heterocycles. The minimum atomic E-state index is 0.0675. The fourth-order valence-corrected chi connectivity index (χ4v) is 2.69. The van der Waals surface area contributed by atoms with Crippen molar-refractivity contribution in [1.29, 1.82) is 0 Å². The molecule has 1 aliphatic heterocycles. The molecule has 1 fully saturated rings. The first-order valence-corrected chi connectivity index (χ1v) is 8.39. The Labute approximate surface area is 138 Å². The molecule has 0 amide bonds. The fraction of sp³-hybridized carbons (Fsp3) is 0.526. The number of hydrogen-bond acceptors (Lipinski definition) is 3. The number of ether oxygens (including phenoxy) is 2. The van der Waals surface area contributed by atoms with Crippen LogP contribution in [0.3, 0.4) is 0 Å². The number of aromatic nitrogens is 2. The predicted octanol–water partition coefficient (Wildman–Crippen LogP) is 3.98. The van der Waals surface area contributed by atoms with Crippen molar-refractivity contribution in [2.45, 2.75) is 39.0 Å². The van der Waals surface area contributed by atoms with Crippen LogP contribution in [0.15, 0.2) is 36.5 Å². The summed E-state index contributed by atoms with van der Waals surface area (Å²) in [5, 5.41) is 4.66. The number of hydrogen-bond donors (Lipinski definition) is 0. The van der Waals surface area contributed by atoms with Crippen LogP contribution in [0.25, 0.3) is 5.69 Å². The van der Waals surface area contributed by atoms with Crippen molar-refractivity contribution in [2.24, 2.45) is 5.92 Å². The van der Waals surface area contributed by atoms with Crippen molar-refractivity contribution < 1.29 is 9.47 Å². The Balaban J connectivity index is 1.61. The number of benzene rings is 1. The molecule has 1 aliphatic rings. The van der Waals surface area contributed by atoms with Gasteiger partial charge in [0.1, 0.15) is 5.75 Å². The van der Waals surface area contributed by atoms with E-state index < -0.39 is 0 Å². The van der Waals surface area contributed by atoms with Gasteiger partial charge >= 0.3 is 0 Å². The molecule has 2 aromatic rings. The molecule has 4 nitrogen and oxygen atoms in total. The maximum absolute atomic E-state index is 5.91. The van der Waals surface area contributed by atoms with Gasteiger partial charge in [-0.2, -0.15) is 5.10 Å². The summed E-state index contributed by atoms with van der Waals surface area (Å²) in [4.78, 5) is 0. The van der Waals surface area contributed by atoms with Gasteiger partial charge in [0.05, 0.1) is 18.0 Å². The van der Waals surface area contributed by atoms with E-state index >= 15 is 0 Å². The maximum atomic E-state index is 5.91. The zero-order valence-corrected chi connectivity index (χ0v) is 14.3. The highest BCUT2D eigenvalue weighted by Gasteiger charge is 2.17. The Morgan fingerprint density at radius 1 is 1.13 bits per heavy atom. The molecular formula is C19H26N2O2. The van der Waals surface area contributed by atoms with E-state index in [-0.39, 0.29) is 5.41 Å². The molecule has 1 aromatic heterocycles. The van der Waals surface area contributed by atoms with Gasteiger partial charge in [0, 0.05) is 24.8 Å². The fourth-order valence-electron chi connectivity index (χ4n) is 2.69. The summed E-state index contributed by atoms with van der Waals surface area (Å²) < 4.78 is 13.2. The lowest BCUT2D eigenvalue weighted by atomic mass is 9.93. The molecule has 3 rings (SSSR count). The molecule has 1 saturated heterocycles. The van der Waals surface area contributed by atoms with Gasteiger partial charge in [-0.3, -0.25) is 0 Å². The first kappa shape index (κ1) is 16.1. The van der Waals surface area contributed by atoms with Crippen LogP contribution in [0.5, 0.6) is 5.75 Å². The average molecular weight is 314 g/mol. The van der Waals surface area contributed by atoms with Gasteiger partial charge in [0.25, 0.3) is 0 Å². The second kappa shape index (κ2) is 6.75. The molecule has 0 radical (unpaired) electrons. The lowest BCUT2D eigenvalue weighted by molar-refractivity contribution is 0.0497. The quantitative estimate of drug-likeness (QED) is 0.856. The van der Waals surface area contributed by atoms with Crippen LogP contribution < -0.4 is 4.74 Å². The average Bonchev–Trinajstić information content (AvgIpc) is 3.05. The van der Waals surface area contributed by atoms with E-state index in [0.717, 1.165) is 49.8 Å². The van der Waals surface area contributed by atoms with Gasteiger partial charge in [0.2, 0.25) is 0 Å². The zero-order valence-electron chi connectivity index (χ0n) is 14.3.